The number of hydrogen-bond donors (Lipinski definition) is 8. The lowest BCUT2D eigenvalue weighted by molar-refractivity contribution is -0.142. The Morgan fingerprint density at radius 2 is 1.43 bits per heavy atom. The van der Waals surface area contributed by atoms with Gasteiger partial charge in [-0.2, -0.15) is 11.8 Å². The van der Waals surface area contributed by atoms with Crippen LogP contribution < -0.4 is 27.4 Å². The highest BCUT2D eigenvalue weighted by atomic mass is 32.2. The molecule has 0 fully saturated rings. The van der Waals surface area contributed by atoms with Gasteiger partial charge in [-0.3, -0.25) is 14.4 Å². The van der Waals surface area contributed by atoms with Crippen molar-refractivity contribution in [2.24, 2.45) is 11.5 Å². The molecular weight excluding hydrogens is 418 g/mol. The fourth-order valence-corrected chi connectivity index (χ4v) is 2.83. The summed E-state index contributed by atoms with van der Waals surface area (Å²) in [6, 6.07) is -4.87. The molecule has 4 unspecified atom stereocenters. The Balaban J connectivity index is 5.19. The molecule has 3 amide bonds. The van der Waals surface area contributed by atoms with Gasteiger partial charge in [0.2, 0.25) is 17.7 Å². The number of nitrogens with one attached hydrogen (secondary N) is 3. The first-order valence-electron chi connectivity index (χ1n) is 9.51. The van der Waals surface area contributed by atoms with E-state index in [1.54, 1.807) is 0 Å². The predicted octanol–water partition coefficient (Wildman–Crippen LogP) is -3.28. The molecule has 0 aromatic carbocycles. The van der Waals surface area contributed by atoms with E-state index in [1.165, 1.54) is 11.8 Å². The minimum atomic E-state index is -1.40. The van der Waals surface area contributed by atoms with Crippen molar-refractivity contribution >= 4 is 35.5 Å². The monoisotopic (exact) mass is 451 g/mol. The van der Waals surface area contributed by atoms with Gasteiger partial charge in [-0.25, -0.2) is 4.79 Å². The number of aliphatic hydroxyl groups is 2. The van der Waals surface area contributed by atoms with Crippen LogP contribution in [0, 0.1) is 0 Å². The smallest absolute Gasteiger partial charge is 0.326 e. The van der Waals surface area contributed by atoms with Gasteiger partial charge < -0.3 is 42.7 Å². The Bertz CT molecular complexity index is 567. The molecule has 0 saturated carbocycles. The van der Waals surface area contributed by atoms with Gasteiger partial charge in [-0.05, 0) is 44.2 Å². The zero-order valence-electron chi connectivity index (χ0n) is 17.0. The summed E-state index contributed by atoms with van der Waals surface area (Å²) in [5.74, 6) is -3.06. The highest BCUT2D eigenvalue weighted by Crippen LogP contribution is 2.05. The van der Waals surface area contributed by atoms with Gasteiger partial charge in [0.05, 0.1) is 13.2 Å². The van der Waals surface area contributed by atoms with E-state index in [0.717, 1.165) is 0 Å². The van der Waals surface area contributed by atoms with Crippen LogP contribution in [0.25, 0.3) is 0 Å². The second-order valence-electron chi connectivity index (χ2n) is 6.56. The average molecular weight is 452 g/mol. The second-order valence-corrected chi connectivity index (χ2v) is 7.54. The third-order valence-corrected chi connectivity index (χ3v) is 4.80. The van der Waals surface area contributed by atoms with Crippen LogP contribution >= 0.6 is 11.8 Å². The summed E-state index contributed by atoms with van der Waals surface area (Å²) in [6.07, 6.45) is 3.28. The summed E-state index contributed by atoms with van der Waals surface area (Å²) in [5.41, 5.74) is 10.8. The van der Waals surface area contributed by atoms with Crippen molar-refractivity contribution in [3.05, 3.63) is 0 Å². The Morgan fingerprint density at radius 1 is 0.867 bits per heavy atom. The summed E-state index contributed by atoms with van der Waals surface area (Å²) in [6.45, 7) is -1.04. The van der Waals surface area contributed by atoms with Crippen LogP contribution in [0.1, 0.15) is 25.7 Å². The summed E-state index contributed by atoms with van der Waals surface area (Å²) in [4.78, 5) is 48.2. The minimum absolute atomic E-state index is 0.186. The van der Waals surface area contributed by atoms with E-state index < -0.39 is 61.1 Å². The fourth-order valence-electron chi connectivity index (χ4n) is 2.36. The van der Waals surface area contributed by atoms with Crippen LogP contribution in [-0.2, 0) is 19.2 Å². The Kier molecular flexibility index (Phi) is 14.8. The molecule has 0 aliphatic carbocycles. The number of hydrogen-bond acceptors (Lipinski definition) is 9. The number of carboxylic acids is 1. The van der Waals surface area contributed by atoms with E-state index >= 15 is 0 Å². The van der Waals surface area contributed by atoms with Gasteiger partial charge in [0.25, 0.3) is 0 Å². The van der Waals surface area contributed by atoms with Gasteiger partial charge in [0.15, 0.2) is 0 Å². The number of aliphatic hydroxyl groups excluding tert-OH is 2. The number of rotatable bonds is 16. The molecule has 174 valence electrons. The Labute approximate surface area is 179 Å². The molecule has 0 spiro atoms. The maximum absolute atomic E-state index is 12.6. The fraction of sp³-hybridized carbons (Fsp3) is 0.765. The van der Waals surface area contributed by atoms with Crippen LogP contribution in [0.3, 0.4) is 0 Å². The predicted molar refractivity (Wildman–Crippen MR) is 111 cm³/mol. The first-order chi connectivity index (χ1) is 14.2. The number of unbranched alkanes of at least 4 members (excludes halogenated alkanes) is 1. The van der Waals surface area contributed by atoms with E-state index in [0.29, 0.717) is 25.1 Å². The van der Waals surface area contributed by atoms with Gasteiger partial charge in [-0.15, -0.1) is 0 Å². The molecule has 10 N–H and O–H groups in total. The number of amides is 3. The molecule has 0 radical (unpaired) electrons. The van der Waals surface area contributed by atoms with E-state index in [4.69, 9.17) is 16.6 Å². The average Bonchev–Trinajstić information content (AvgIpc) is 2.72. The lowest BCUT2D eigenvalue weighted by atomic mass is 10.1. The van der Waals surface area contributed by atoms with Crippen LogP contribution in [0.4, 0.5) is 0 Å². The lowest BCUT2D eigenvalue weighted by Crippen LogP contribution is -2.58. The topological polar surface area (TPSA) is 217 Å². The molecule has 13 heteroatoms. The summed E-state index contributed by atoms with van der Waals surface area (Å²) >= 11 is 1.43. The lowest BCUT2D eigenvalue weighted by Gasteiger charge is -2.24. The maximum Gasteiger partial charge on any atom is 0.326 e. The van der Waals surface area contributed by atoms with Crippen molar-refractivity contribution in [1.82, 2.24) is 16.0 Å². The summed E-state index contributed by atoms with van der Waals surface area (Å²) in [7, 11) is 0. The van der Waals surface area contributed by atoms with Crippen molar-refractivity contribution in [1.29, 1.82) is 0 Å². The molecule has 0 aromatic heterocycles. The Hall–Kier alpha value is -1.93. The number of aliphatic carboxylic acids is 1. The van der Waals surface area contributed by atoms with Gasteiger partial charge in [-0.1, -0.05) is 0 Å². The van der Waals surface area contributed by atoms with E-state index in [1.807, 2.05) is 6.26 Å². The molecule has 4 atom stereocenters. The minimum Gasteiger partial charge on any atom is -0.480 e. The largest absolute Gasteiger partial charge is 0.480 e. The normalized spacial score (nSPS) is 14.8. The molecule has 30 heavy (non-hydrogen) atoms. The number of carboxylic acid groups (broad SMARTS) is 1. The summed E-state index contributed by atoms with van der Waals surface area (Å²) < 4.78 is 0. The van der Waals surface area contributed by atoms with Crippen LogP contribution in [-0.4, -0.2) is 94.9 Å². The number of nitrogens with two attached hydrogens (primary N) is 2. The second kappa shape index (κ2) is 15.8. The third kappa shape index (κ3) is 10.7. The number of carbonyl (C=O) groups is 4. The van der Waals surface area contributed by atoms with Crippen molar-refractivity contribution in [3.63, 3.8) is 0 Å². The Morgan fingerprint density at radius 3 is 1.93 bits per heavy atom. The van der Waals surface area contributed by atoms with E-state index in [9.17, 15) is 29.4 Å². The maximum atomic E-state index is 12.6. The molecule has 0 rings (SSSR count). The van der Waals surface area contributed by atoms with E-state index in [2.05, 4.69) is 16.0 Å². The van der Waals surface area contributed by atoms with Crippen molar-refractivity contribution in [2.75, 3.05) is 31.8 Å². The van der Waals surface area contributed by atoms with Crippen molar-refractivity contribution < 1.29 is 34.5 Å². The molecule has 12 nitrogen and oxygen atoms in total. The SMILES string of the molecule is CSCCC(NC(=O)C(CCCCN)NC(=O)C(CO)NC(=O)C(N)CO)C(=O)O. The first kappa shape index (κ1) is 28.1. The highest BCUT2D eigenvalue weighted by molar-refractivity contribution is 7.98. The standard InChI is InChI=1S/C17H33N5O7S/c1-30-7-5-12(17(28)29)21-15(26)11(4-2-3-6-18)20-16(27)13(9-24)22-14(25)10(19)8-23/h10-13,23-24H,2-9,18-19H2,1H3,(H,20,27)(H,21,26)(H,22,25)(H,28,29). The molecule has 0 aliphatic rings. The number of carbonyl (C=O) groups excluding carboxylic acids is 3. The first-order valence-corrected chi connectivity index (χ1v) is 10.9. The number of thioether (sulfide) groups is 1. The van der Waals surface area contributed by atoms with Gasteiger partial charge in [0.1, 0.15) is 24.2 Å². The zero-order chi connectivity index (χ0) is 23.1. The molecular formula is C17H33N5O7S. The highest BCUT2D eigenvalue weighted by Gasteiger charge is 2.29. The van der Waals surface area contributed by atoms with Gasteiger partial charge >= 0.3 is 5.97 Å². The molecule has 0 aromatic rings. The van der Waals surface area contributed by atoms with Crippen LogP contribution in [0.5, 0.6) is 0 Å². The molecule has 0 bridgehead atoms. The summed E-state index contributed by atoms with van der Waals surface area (Å²) in [5, 5.41) is 34.6. The quantitative estimate of drug-likeness (QED) is 0.109. The van der Waals surface area contributed by atoms with Crippen molar-refractivity contribution in [2.45, 2.75) is 49.9 Å². The zero-order valence-corrected chi connectivity index (χ0v) is 17.8. The van der Waals surface area contributed by atoms with Gasteiger partial charge in [0, 0.05) is 0 Å². The molecule has 0 saturated heterocycles. The van der Waals surface area contributed by atoms with Crippen molar-refractivity contribution in [3.8, 4) is 0 Å². The van der Waals surface area contributed by atoms with Crippen LogP contribution in [0.2, 0.25) is 0 Å². The molecule has 0 aliphatic heterocycles. The third-order valence-electron chi connectivity index (χ3n) is 4.15. The molecule has 0 heterocycles. The van der Waals surface area contributed by atoms with Crippen LogP contribution in [0.15, 0.2) is 0 Å². The van der Waals surface area contributed by atoms with E-state index in [-0.39, 0.29) is 12.8 Å².